The van der Waals surface area contributed by atoms with Crippen LogP contribution in [0.3, 0.4) is 0 Å². The van der Waals surface area contributed by atoms with Gasteiger partial charge in [-0.2, -0.15) is 11.3 Å². The van der Waals surface area contributed by atoms with Crippen molar-refractivity contribution < 1.29 is 9.90 Å². The van der Waals surface area contributed by atoms with Gasteiger partial charge in [-0.3, -0.25) is 4.79 Å². The van der Waals surface area contributed by atoms with E-state index in [1.807, 2.05) is 24.6 Å². The van der Waals surface area contributed by atoms with Crippen LogP contribution in [-0.4, -0.2) is 23.7 Å². The lowest BCUT2D eigenvalue weighted by molar-refractivity contribution is 0.0942. The van der Waals surface area contributed by atoms with Gasteiger partial charge in [0.2, 0.25) is 0 Å². The second kappa shape index (κ2) is 5.88. The fourth-order valence-corrected chi connectivity index (χ4v) is 2.07. The zero-order chi connectivity index (χ0) is 11.3. The number of carbonyl (C=O) groups excluding carboxylic acids is 1. The van der Waals surface area contributed by atoms with Crippen LogP contribution in [0.4, 0.5) is 0 Å². The fraction of sp³-hybridized carbons (Fsp3) is 0.545. The highest BCUT2D eigenvalue weighted by Crippen LogP contribution is 2.13. The van der Waals surface area contributed by atoms with Gasteiger partial charge in [-0.25, -0.2) is 0 Å². The third-order valence-corrected chi connectivity index (χ3v) is 3.20. The molecule has 0 aliphatic heterocycles. The first-order valence-electron chi connectivity index (χ1n) is 5.14. The molecule has 0 aliphatic carbocycles. The summed E-state index contributed by atoms with van der Waals surface area (Å²) in [5, 5.41) is 15.9. The van der Waals surface area contributed by atoms with Crippen LogP contribution >= 0.6 is 11.3 Å². The standard InChI is InChI=1S/C11H17NO2S/c1-3-9(13)4-5-12-11(14)10-7-15-6-8(10)2/h6-7,9,13H,3-5H2,1-2H3,(H,12,14). The molecule has 1 rings (SSSR count). The van der Waals surface area contributed by atoms with Crippen molar-refractivity contribution in [3.8, 4) is 0 Å². The second-order valence-corrected chi connectivity index (χ2v) is 4.32. The maximum Gasteiger partial charge on any atom is 0.252 e. The van der Waals surface area contributed by atoms with Crippen molar-refractivity contribution in [3.05, 3.63) is 21.9 Å². The van der Waals surface area contributed by atoms with Crippen molar-refractivity contribution in [2.24, 2.45) is 0 Å². The molecule has 0 saturated carbocycles. The Morgan fingerprint density at radius 1 is 1.60 bits per heavy atom. The van der Waals surface area contributed by atoms with E-state index in [-0.39, 0.29) is 12.0 Å². The molecular weight excluding hydrogens is 210 g/mol. The maximum absolute atomic E-state index is 11.6. The summed E-state index contributed by atoms with van der Waals surface area (Å²) >= 11 is 1.53. The van der Waals surface area contributed by atoms with Crippen LogP contribution in [0.25, 0.3) is 0 Å². The van der Waals surface area contributed by atoms with Gasteiger partial charge in [-0.15, -0.1) is 0 Å². The number of hydrogen-bond donors (Lipinski definition) is 2. The topological polar surface area (TPSA) is 49.3 Å². The van der Waals surface area contributed by atoms with Gasteiger partial charge in [0.15, 0.2) is 0 Å². The first kappa shape index (κ1) is 12.2. The Morgan fingerprint density at radius 3 is 2.87 bits per heavy atom. The van der Waals surface area contributed by atoms with Gasteiger partial charge in [0, 0.05) is 11.9 Å². The maximum atomic E-state index is 11.6. The van der Waals surface area contributed by atoms with E-state index in [4.69, 9.17) is 0 Å². The molecule has 1 amide bonds. The second-order valence-electron chi connectivity index (χ2n) is 3.58. The van der Waals surface area contributed by atoms with E-state index in [1.54, 1.807) is 0 Å². The summed E-state index contributed by atoms with van der Waals surface area (Å²) in [6.07, 6.45) is 1.03. The van der Waals surface area contributed by atoms with Crippen LogP contribution in [0.1, 0.15) is 35.7 Å². The minimum Gasteiger partial charge on any atom is -0.393 e. The molecule has 1 unspecified atom stereocenters. The first-order valence-corrected chi connectivity index (χ1v) is 6.08. The molecule has 0 bridgehead atoms. The molecular formula is C11H17NO2S. The van der Waals surface area contributed by atoms with Crippen molar-refractivity contribution in [2.75, 3.05) is 6.54 Å². The number of amides is 1. The average molecular weight is 227 g/mol. The van der Waals surface area contributed by atoms with Crippen molar-refractivity contribution in [2.45, 2.75) is 32.8 Å². The van der Waals surface area contributed by atoms with E-state index >= 15 is 0 Å². The summed E-state index contributed by atoms with van der Waals surface area (Å²) in [6.45, 7) is 4.38. The summed E-state index contributed by atoms with van der Waals surface area (Å²) in [7, 11) is 0. The average Bonchev–Trinajstić information content (AvgIpc) is 2.64. The Labute approximate surface area is 94.1 Å². The highest BCUT2D eigenvalue weighted by Gasteiger charge is 2.09. The molecule has 0 aromatic carbocycles. The molecule has 3 nitrogen and oxygen atoms in total. The predicted octanol–water partition coefficient (Wildman–Crippen LogP) is 1.95. The molecule has 1 atom stereocenters. The van der Waals surface area contributed by atoms with Gasteiger partial charge in [-0.1, -0.05) is 6.92 Å². The highest BCUT2D eigenvalue weighted by atomic mass is 32.1. The van der Waals surface area contributed by atoms with Crippen LogP contribution in [-0.2, 0) is 0 Å². The van der Waals surface area contributed by atoms with E-state index in [9.17, 15) is 9.90 Å². The van der Waals surface area contributed by atoms with E-state index < -0.39 is 0 Å². The largest absolute Gasteiger partial charge is 0.393 e. The van der Waals surface area contributed by atoms with Crippen molar-refractivity contribution in [3.63, 3.8) is 0 Å². The molecule has 15 heavy (non-hydrogen) atoms. The third kappa shape index (κ3) is 3.64. The molecule has 84 valence electrons. The van der Waals surface area contributed by atoms with Gasteiger partial charge in [-0.05, 0) is 30.7 Å². The van der Waals surface area contributed by atoms with Gasteiger partial charge in [0.25, 0.3) is 5.91 Å². The number of rotatable bonds is 5. The smallest absolute Gasteiger partial charge is 0.252 e. The molecule has 2 N–H and O–H groups in total. The van der Waals surface area contributed by atoms with E-state index in [2.05, 4.69) is 5.32 Å². The zero-order valence-electron chi connectivity index (χ0n) is 9.12. The predicted molar refractivity (Wildman–Crippen MR) is 62.3 cm³/mol. The van der Waals surface area contributed by atoms with Gasteiger partial charge in [0.05, 0.1) is 11.7 Å². The minimum atomic E-state index is -0.311. The van der Waals surface area contributed by atoms with Crippen LogP contribution in [0.2, 0.25) is 0 Å². The Bertz CT molecular complexity index is 322. The number of hydrogen-bond acceptors (Lipinski definition) is 3. The minimum absolute atomic E-state index is 0.0444. The SMILES string of the molecule is CCC(O)CCNC(=O)c1cscc1C. The Hall–Kier alpha value is -0.870. The van der Waals surface area contributed by atoms with Crippen molar-refractivity contribution in [1.82, 2.24) is 5.32 Å². The molecule has 1 aromatic heterocycles. The lowest BCUT2D eigenvalue weighted by atomic mass is 10.2. The summed E-state index contributed by atoms with van der Waals surface area (Å²) in [5.41, 5.74) is 1.75. The number of aliphatic hydroxyl groups excluding tert-OH is 1. The summed E-state index contributed by atoms with van der Waals surface area (Å²) in [6, 6.07) is 0. The number of nitrogens with one attached hydrogen (secondary N) is 1. The molecule has 1 heterocycles. The summed E-state index contributed by atoms with van der Waals surface area (Å²) in [5.74, 6) is -0.0444. The zero-order valence-corrected chi connectivity index (χ0v) is 9.93. The normalized spacial score (nSPS) is 12.5. The quantitative estimate of drug-likeness (QED) is 0.807. The molecule has 0 aliphatic rings. The Balaban J connectivity index is 2.34. The Morgan fingerprint density at radius 2 is 2.33 bits per heavy atom. The van der Waals surface area contributed by atoms with E-state index in [0.29, 0.717) is 13.0 Å². The van der Waals surface area contributed by atoms with Crippen LogP contribution in [0.5, 0.6) is 0 Å². The first-order chi connectivity index (χ1) is 7.15. The molecule has 4 heteroatoms. The van der Waals surface area contributed by atoms with E-state index in [1.165, 1.54) is 11.3 Å². The molecule has 0 radical (unpaired) electrons. The molecule has 0 spiro atoms. The number of aliphatic hydroxyl groups is 1. The van der Waals surface area contributed by atoms with E-state index in [0.717, 1.165) is 17.5 Å². The number of carbonyl (C=O) groups is 1. The third-order valence-electron chi connectivity index (χ3n) is 2.33. The van der Waals surface area contributed by atoms with Gasteiger partial charge >= 0.3 is 0 Å². The lowest BCUT2D eigenvalue weighted by Crippen LogP contribution is -2.27. The molecule has 1 aromatic rings. The Kier molecular flexibility index (Phi) is 4.78. The highest BCUT2D eigenvalue weighted by molar-refractivity contribution is 7.08. The number of thiophene rings is 1. The van der Waals surface area contributed by atoms with Crippen molar-refractivity contribution >= 4 is 17.2 Å². The van der Waals surface area contributed by atoms with Gasteiger partial charge < -0.3 is 10.4 Å². The molecule has 0 saturated heterocycles. The monoisotopic (exact) mass is 227 g/mol. The summed E-state index contributed by atoms with van der Waals surface area (Å²) < 4.78 is 0. The van der Waals surface area contributed by atoms with Gasteiger partial charge in [0.1, 0.15) is 0 Å². The lowest BCUT2D eigenvalue weighted by Gasteiger charge is -2.08. The van der Waals surface area contributed by atoms with Crippen LogP contribution in [0.15, 0.2) is 10.8 Å². The summed E-state index contributed by atoms with van der Waals surface area (Å²) in [4.78, 5) is 11.6. The van der Waals surface area contributed by atoms with Crippen LogP contribution < -0.4 is 5.32 Å². The fourth-order valence-electron chi connectivity index (χ4n) is 1.24. The van der Waals surface area contributed by atoms with Crippen LogP contribution in [0, 0.1) is 6.92 Å². The molecule has 0 fully saturated rings. The number of aryl methyl sites for hydroxylation is 1. The van der Waals surface area contributed by atoms with Crippen molar-refractivity contribution in [1.29, 1.82) is 0 Å².